The minimum atomic E-state index is -1.14. The monoisotopic (exact) mass is 218 g/mol. The summed E-state index contributed by atoms with van der Waals surface area (Å²) < 4.78 is 13.2. The van der Waals surface area contributed by atoms with E-state index >= 15 is 0 Å². The number of nitrogens with one attached hydrogen (secondary N) is 1. The van der Waals surface area contributed by atoms with Crippen molar-refractivity contribution in [2.24, 2.45) is 0 Å². The van der Waals surface area contributed by atoms with Gasteiger partial charge in [-0.1, -0.05) is 0 Å². The Labute approximate surface area is 87.2 Å². The van der Waals surface area contributed by atoms with E-state index < -0.39 is 12.2 Å². The van der Waals surface area contributed by atoms with Crippen molar-refractivity contribution in [1.82, 2.24) is 10.2 Å². The molecule has 0 bridgehead atoms. The maximum atomic E-state index is 13.2. The first-order valence-electron chi connectivity index (χ1n) is 4.97. The molecule has 1 heterocycles. The molecule has 0 aromatic carbocycles. The number of hydrogen-bond acceptors (Lipinski definition) is 3. The Bertz CT molecular complexity index is 248. The van der Waals surface area contributed by atoms with Gasteiger partial charge in [-0.15, -0.1) is 0 Å². The van der Waals surface area contributed by atoms with Crippen LogP contribution in [0.3, 0.4) is 0 Å². The number of nitrogens with zero attached hydrogens (tertiary/aromatic N) is 1. The van der Waals surface area contributed by atoms with Crippen LogP contribution >= 0.6 is 0 Å². The number of rotatable bonds is 5. The lowest BCUT2D eigenvalue weighted by atomic mass is 10.2. The van der Waals surface area contributed by atoms with Crippen LogP contribution in [0.5, 0.6) is 0 Å². The van der Waals surface area contributed by atoms with Crippen LogP contribution in [0.15, 0.2) is 0 Å². The van der Waals surface area contributed by atoms with E-state index in [9.17, 15) is 14.0 Å². The lowest BCUT2D eigenvalue weighted by molar-refractivity contribution is -0.121. The summed E-state index contributed by atoms with van der Waals surface area (Å²) in [4.78, 5) is 23.3. The summed E-state index contributed by atoms with van der Waals surface area (Å²) in [5.74, 6) is -0.318. The van der Waals surface area contributed by atoms with Crippen molar-refractivity contribution in [1.29, 1.82) is 0 Å². The fraction of sp³-hybridized carbons (Fsp3) is 0.778. The van der Waals surface area contributed by atoms with Gasteiger partial charge in [-0.05, 0) is 12.8 Å². The standard InChI is InChI=1S/C9H15FN2O3/c10-7(2-1-5-13)6-12-4-3-8(14)11-9(12)15/h7,13H,1-6H2,(H,11,14,15)/t7-/m0/s1. The highest BCUT2D eigenvalue weighted by molar-refractivity contribution is 5.96. The summed E-state index contributed by atoms with van der Waals surface area (Å²) in [6.07, 6.45) is -0.307. The number of hydrogen-bond donors (Lipinski definition) is 2. The molecule has 15 heavy (non-hydrogen) atoms. The zero-order valence-electron chi connectivity index (χ0n) is 8.41. The molecule has 1 saturated heterocycles. The number of aliphatic hydroxyl groups is 1. The maximum Gasteiger partial charge on any atom is 0.324 e. The first-order chi connectivity index (χ1) is 7.13. The summed E-state index contributed by atoms with van der Waals surface area (Å²) in [6.45, 7) is 0.203. The van der Waals surface area contributed by atoms with Gasteiger partial charge in [0.15, 0.2) is 0 Å². The molecule has 1 fully saturated rings. The average molecular weight is 218 g/mol. The number of urea groups is 1. The van der Waals surface area contributed by atoms with E-state index in [1.165, 1.54) is 4.90 Å². The molecule has 1 atom stereocenters. The van der Waals surface area contributed by atoms with Crippen LogP contribution in [0, 0.1) is 0 Å². The minimum absolute atomic E-state index is 0.0148. The summed E-state index contributed by atoms with van der Waals surface area (Å²) in [6, 6.07) is -0.530. The van der Waals surface area contributed by atoms with Crippen LogP contribution in [0.25, 0.3) is 0 Å². The maximum absolute atomic E-state index is 13.2. The molecule has 0 radical (unpaired) electrons. The van der Waals surface area contributed by atoms with Gasteiger partial charge in [0.25, 0.3) is 0 Å². The normalized spacial score (nSPS) is 18.9. The van der Waals surface area contributed by atoms with Crippen LogP contribution in [-0.2, 0) is 4.79 Å². The lowest BCUT2D eigenvalue weighted by Crippen LogP contribution is -2.51. The van der Waals surface area contributed by atoms with Crippen molar-refractivity contribution in [3.8, 4) is 0 Å². The van der Waals surface area contributed by atoms with Gasteiger partial charge < -0.3 is 10.0 Å². The molecule has 0 aliphatic carbocycles. The second-order valence-corrected chi connectivity index (χ2v) is 3.51. The summed E-state index contributed by atoms with van der Waals surface area (Å²) in [5, 5.41) is 10.6. The summed E-state index contributed by atoms with van der Waals surface area (Å²) in [5.41, 5.74) is 0. The Morgan fingerprint density at radius 3 is 2.87 bits per heavy atom. The van der Waals surface area contributed by atoms with Crippen LogP contribution < -0.4 is 5.32 Å². The molecule has 0 unspecified atom stereocenters. The molecule has 1 rings (SSSR count). The Morgan fingerprint density at radius 2 is 2.27 bits per heavy atom. The highest BCUT2D eigenvalue weighted by Gasteiger charge is 2.24. The van der Waals surface area contributed by atoms with Gasteiger partial charge in [0.2, 0.25) is 5.91 Å². The topological polar surface area (TPSA) is 69.6 Å². The number of aliphatic hydroxyl groups excluding tert-OH is 1. The van der Waals surface area contributed by atoms with Crippen molar-refractivity contribution in [2.45, 2.75) is 25.4 Å². The van der Waals surface area contributed by atoms with Gasteiger partial charge in [0.1, 0.15) is 6.17 Å². The van der Waals surface area contributed by atoms with Crippen LogP contribution in [0.4, 0.5) is 9.18 Å². The Balaban J connectivity index is 2.31. The van der Waals surface area contributed by atoms with Gasteiger partial charge in [0, 0.05) is 19.6 Å². The van der Waals surface area contributed by atoms with E-state index in [-0.39, 0.29) is 38.4 Å². The minimum Gasteiger partial charge on any atom is -0.396 e. The van der Waals surface area contributed by atoms with E-state index in [1.807, 2.05) is 0 Å². The van der Waals surface area contributed by atoms with E-state index in [0.29, 0.717) is 6.42 Å². The first-order valence-corrected chi connectivity index (χ1v) is 4.97. The molecular formula is C9H15FN2O3. The number of carbonyl (C=O) groups excluding carboxylic acids is 2. The third-order valence-electron chi connectivity index (χ3n) is 2.24. The van der Waals surface area contributed by atoms with Crippen molar-refractivity contribution in [3.05, 3.63) is 0 Å². The first kappa shape index (κ1) is 11.9. The second-order valence-electron chi connectivity index (χ2n) is 3.51. The smallest absolute Gasteiger partial charge is 0.324 e. The Morgan fingerprint density at radius 1 is 1.53 bits per heavy atom. The van der Waals surface area contributed by atoms with Gasteiger partial charge in [-0.3, -0.25) is 10.1 Å². The van der Waals surface area contributed by atoms with Crippen molar-refractivity contribution >= 4 is 11.9 Å². The molecule has 5 nitrogen and oxygen atoms in total. The molecule has 1 aliphatic heterocycles. The molecule has 3 amide bonds. The van der Waals surface area contributed by atoms with Gasteiger partial charge in [0.05, 0.1) is 6.54 Å². The third kappa shape index (κ3) is 3.83. The lowest BCUT2D eigenvalue weighted by Gasteiger charge is -2.27. The largest absolute Gasteiger partial charge is 0.396 e. The van der Waals surface area contributed by atoms with Crippen LogP contribution in [-0.4, -0.2) is 47.8 Å². The number of amides is 3. The molecule has 0 aromatic heterocycles. The molecule has 86 valence electrons. The van der Waals surface area contributed by atoms with Crippen molar-refractivity contribution < 1.29 is 19.1 Å². The molecule has 0 aromatic rings. The predicted molar refractivity (Wildman–Crippen MR) is 50.9 cm³/mol. The zero-order chi connectivity index (χ0) is 11.3. The van der Waals surface area contributed by atoms with Crippen LogP contribution in [0.2, 0.25) is 0 Å². The van der Waals surface area contributed by atoms with Gasteiger partial charge in [-0.25, -0.2) is 9.18 Å². The van der Waals surface area contributed by atoms with Gasteiger partial charge in [-0.2, -0.15) is 0 Å². The average Bonchev–Trinajstić information content (AvgIpc) is 2.19. The van der Waals surface area contributed by atoms with E-state index in [2.05, 4.69) is 5.32 Å². The molecular weight excluding hydrogens is 203 g/mol. The van der Waals surface area contributed by atoms with Crippen LogP contribution in [0.1, 0.15) is 19.3 Å². The Hall–Kier alpha value is -1.17. The fourth-order valence-corrected chi connectivity index (χ4v) is 1.42. The van der Waals surface area contributed by atoms with Crippen molar-refractivity contribution in [2.75, 3.05) is 19.7 Å². The Kier molecular flexibility index (Phi) is 4.48. The summed E-state index contributed by atoms with van der Waals surface area (Å²) in [7, 11) is 0. The third-order valence-corrected chi connectivity index (χ3v) is 2.24. The molecule has 1 aliphatic rings. The summed E-state index contributed by atoms with van der Waals surface area (Å²) >= 11 is 0. The van der Waals surface area contributed by atoms with Gasteiger partial charge >= 0.3 is 6.03 Å². The molecule has 0 spiro atoms. The van der Waals surface area contributed by atoms with Crippen molar-refractivity contribution in [3.63, 3.8) is 0 Å². The predicted octanol–water partition coefficient (Wildman–Crippen LogP) is 0.0389. The van der Waals surface area contributed by atoms with E-state index in [1.54, 1.807) is 0 Å². The number of halogens is 1. The number of alkyl halides is 1. The SMILES string of the molecule is O=C1CCN(C[C@@H](F)CCCO)C(=O)N1. The van der Waals surface area contributed by atoms with E-state index in [0.717, 1.165) is 0 Å². The molecule has 6 heteroatoms. The number of imide groups is 1. The zero-order valence-corrected chi connectivity index (χ0v) is 8.41. The molecule has 0 saturated carbocycles. The number of carbonyl (C=O) groups is 2. The quantitative estimate of drug-likeness (QED) is 0.684. The van der Waals surface area contributed by atoms with E-state index in [4.69, 9.17) is 5.11 Å². The second kappa shape index (κ2) is 5.65. The fourth-order valence-electron chi connectivity index (χ4n) is 1.42. The highest BCUT2D eigenvalue weighted by Crippen LogP contribution is 2.07. The molecule has 2 N–H and O–H groups in total. The highest BCUT2D eigenvalue weighted by atomic mass is 19.1.